The number of amides is 1. The van der Waals surface area contributed by atoms with E-state index in [0.29, 0.717) is 27.8 Å². The van der Waals surface area contributed by atoms with Crippen molar-refractivity contribution < 1.29 is 26.9 Å². The molecule has 1 saturated heterocycles. The van der Waals surface area contributed by atoms with Gasteiger partial charge in [-0.3, -0.25) is 4.79 Å². The minimum absolute atomic E-state index is 0.0786. The van der Waals surface area contributed by atoms with Gasteiger partial charge in [-0.25, -0.2) is 4.98 Å². The lowest BCUT2D eigenvalue weighted by molar-refractivity contribution is -0.155. The van der Waals surface area contributed by atoms with Crippen molar-refractivity contribution in [3.63, 3.8) is 0 Å². The molecule has 0 spiro atoms. The van der Waals surface area contributed by atoms with E-state index in [-0.39, 0.29) is 24.9 Å². The van der Waals surface area contributed by atoms with Crippen LogP contribution in [0.1, 0.15) is 53.8 Å². The summed E-state index contributed by atoms with van der Waals surface area (Å²) in [5.41, 5.74) is 1.85. The topological polar surface area (TPSA) is 95.0 Å². The van der Waals surface area contributed by atoms with Crippen LogP contribution in [0.2, 0.25) is 5.02 Å². The summed E-state index contributed by atoms with van der Waals surface area (Å²) in [7, 11) is -3.69. The third-order valence-corrected chi connectivity index (χ3v) is 7.26. The van der Waals surface area contributed by atoms with E-state index in [9.17, 15) is 13.2 Å². The Labute approximate surface area is 190 Å². The van der Waals surface area contributed by atoms with Gasteiger partial charge < -0.3 is 18.6 Å². The number of nitrogens with zero attached hydrogens (tertiary/aromatic N) is 2. The smallest absolute Gasteiger partial charge is 0.306 e. The zero-order valence-electron chi connectivity index (χ0n) is 17.2. The number of hydrogen-bond donors (Lipinski definition) is 0. The summed E-state index contributed by atoms with van der Waals surface area (Å²) in [6.07, 6.45) is 2.05. The molecule has 1 amide bonds. The maximum Gasteiger partial charge on any atom is 0.306 e. The van der Waals surface area contributed by atoms with E-state index in [2.05, 4.69) is 0 Å². The molecule has 168 valence electrons. The van der Waals surface area contributed by atoms with Crippen molar-refractivity contribution in [1.82, 2.24) is 9.88 Å². The van der Waals surface area contributed by atoms with Crippen LogP contribution in [0.5, 0.6) is 5.75 Å². The predicted octanol–water partition coefficient (Wildman–Crippen LogP) is 3.61. The van der Waals surface area contributed by atoms with Gasteiger partial charge in [0.2, 0.25) is 12.2 Å². The monoisotopic (exact) mass is 486 g/mol. The van der Waals surface area contributed by atoms with Crippen molar-refractivity contribution in [3.8, 4) is 5.75 Å². The summed E-state index contributed by atoms with van der Waals surface area (Å²) >= 11 is 7.87. The van der Waals surface area contributed by atoms with Crippen molar-refractivity contribution in [2.75, 3.05) is 19.3 Å². The van der Waals surface area contributed by atoms with Gasteiger partial charge in [-0.05, 0) is 25.0 Å². The Balaban J connectivity index is 1.48. The van der Waals surface area contributed by atoms with Crippen LogP contribution in [-0.2, 0) is 37.6 Å². The number of hydrogen-bond acceptors (Lipinski definition) is 8. The Morgan fingerprint density at radius 3 is 2.55 bits per heavy atom. The molecule has 11 heteroatoms. The molecule has 3 heterocycles. The van der Waals surface area contributed by atoms with E-state index >= 15 is 0 Å². The Bertz CT molecular complexity index is 1080. The van der Waals surface area contributed by atoms with Gasteiger partial charge in [0.15, 0.2) is 0 Å². The van der Waals surface area contributed by atoms with Crippen molar-refractivity contribution in [2.45, 2.75) is 45.2 Å². The summed E-state index contributed by atoms with van der Waals surface area (Å²) in [5, 5.41) is 3.38. The van der Waals surface area contributed by atoms with Gasteiger partial charge in [-0.15, -0.1) is 11.3 Å². The van der Waals surface area contributed by atoms with E-state index < -0.39 is 16.4 Å². The van der Waals surface area contributed by atoms with Crippen LogP contribution in [-0.4, -0.2) is 43.6 Å². The maximum atomic E-state index is 11.6. The molecule has 1 unspecified atom stereocenters. The molecule has 1 aromatic heterocycles. The number of benzene rings is 1. The molecule has 0 aliphatic carbocycles. The second kappa shape index (κ2) is 9.03. The highest BCUT2D eigenvalue weighted by Crippen LogP contribution is 2.38. The Morgan fingerprint density at radius 2 is 1.90 bits per heavy atom. The molecular weight excluding hydrogens is 464 g/mol. The zero-order valence-corrected chi connectivity index (χ0v) is 19.6. The highest BCUT2D eigenvalue weighted by Gasteiger charge is 2.28. The molecule has 2 aliphatic heterocycles. The Morgan fingerprint density at radius 1 is 1.23 bits per heavy atom. The minimum Gasteiger partial charge on any atom is -0.382 e. The average molecular weight is 487 g/mol. The van der Waals surface area contributed by atoms with Crippen LogP contribution in [0.3, 0.4) is 0 Å². The number of rotatable bonds is 4. The van der Waals surface area contributed by atoms with Crippen molar-refractivity contribution in [1.29, 1.82) is 0 Å². The summed E-state index contributed by atoms with van der Waals surface area (Å²) < 4.78 is 40.1. The number of halogens is 1. The van der Waals surface area contributed by atoms with Crippen LogP contribution in [0.4, 0.5) is 0 Å². The van der Waals surface area contributed by atoms with E-state index in [0.717, 1.165) is 37.2 Å². The number of fused-ring (bicyclic) bond motifs is 1. The van der Waals surface area contributed by atoms with Crippen molar-refractivity contribution in [2.24, 2.45) is 0 Å². The first-order valence-electron chi connectivity index (χ1n) is 9.85. The molecule has 1 atom stereocenters. The molecule has 2 aliphatic rings. The fourth-order valence-corrected chi connectivity index (χ4v) is 5.48. The van der Waals surface area contributed by atoms with E-state index in [1.165, 1.54) is 6.07 Å². The first-order chi connectivity index (χ1) is 14.7. The first kappa shape index (κ1) is 22.5. The van der Waals surface area contributed by atoms with Gasteiger partial charge in [0.05, 0.1) is 24.5 Å². The zero-order chi connectivity index (χ0) is 22.2. The van der Waals surface area contributed by atoms with Crippen LogP contribution in [0.15, 0.2) is 17.5 Å². The molecule has 0 N–H and O–H groups in total. The molecule has 1 aromatic carbocycles. The van der Waals surface area contributed by atoms with Gasteiger partial charge in [0.1, 0.15) is 11.4 Å². The molecule has 0 saturated carbocycles. The molecule has 4 rings (SSSR count). The fourth-order valence-electron chi connectivity index (χ4n) is 3.77. The number of carbonyl (C=O) groups is 1. The van der Waals surface area contributed by atoms with Crippen LogP contribution >= 0.6 is 22.9 Å². The lowest BCUT2D eigenvalue weighted by Gasteiger charge is -2.30. The average Bonchev–Trinajstić information content (AvgIpc) is 3.09. The third kappa shape index (κ3) is 5.20. The van der Waals surface area contributed by atoms with E-state index in [4.69, 9.17) is 30.2 Å². The molecular formula is C20H23ClN2O6S2. The molecule has 8 nitrogen and oxygen atoms in total. The van der Waals surface area contributed by atoms with E-state index in [1.54, 1.807) is 24.3 Å². The molecule has 31 heavy (non-hydrogen) atoms. The minimum atomic E-state index is -3.69. The summed E-state index contributed by atoms with van der Waals surface area (Å²) in [6.45, 7) is 3.29. The lowest BCUT2D eigenvalue weighted by Crippen LogP contribution is -2.36. The number of likely N-dealkylation sites (tertiary alicyclic amines) is 1. The molecule has 1 fully saturated rings. The van der Waals surface area contributed by atoms with Gasteiger partial charge in [-0.1, -0.05) is 11.6 Å². The normalized spacial score (nSPS) is 20.2. The number of piperidine rings is 1. The highest BCUT2D eigenvalue weighted by molar-refractivity contribution is 7.86. The number of thiazole rings is 1. The second-order valence-electron chi connectivity index (χ2n) is 7.63. The SMILES string of the molecule is CC(=O)N1CCC(c2nc(C3OCc4c(Cl)ccc(OS(C)(=O)=O)c4CO3)cs2)CC1. The van der Waals surface area contributed by atoms with Gasteiger partial charge in [0.25, 0.3) is 0 Å². The number of aromatic nitrogens is 1. The molecule has 0 radical (unpaired) electrons. The van der Waals surface area contributed by atoms with Crippen LogP contribution in [0.25, 0.3) is 0 Å². The lowest BCUT2D eigenvalue weighted by atomic mass is 9.97. The Hall–Kier alpha value is -1.72. The van der Waals surface area contributed by atoms with Gasteiger partial charge in [-0.2, -0.15) is 8.42 Å². The van der Waals surface area contributed by atoms with Gasteiger partial charge >= 0.3 is 10.1 Å². The quantitative estimate of drug-likeness (QED) is 0.609. The first-order valence-corrected chi connectivity index (χ1v) is 12.9. The Kier molecular flexibility index (Phi) is 6.55. The fraction of sp³-hybridized carbons (Fsp3) is 0.500. The molecule has 0 bridgehead atoms. The highest BCUT2D eigenvalue weighted by atomic mass is 35.5. The third-order valence-electron chi connectivity index (χ3n) is 5.40. The standard InChI is InChI=1S/C20H23ClN2O6S2/c1-12(24)23-7-5-13(6-8-23)19-22-17(11-30-19)20-27-9-14-15(10-28-20)18(4-3-16(14)21)29-31(2,25)26/h3-4,11,13,20H,5-10H2,1-2H3. The largest absolute Gasteiger partial charge is 0.382 e. The van der Waals surface area contributed by atoms with E-state index in [1.807, 2.05) is 10.3 Å². The summed E-state index contributed by atoms with van der Waals surface area (Å²) in [6, 6.07) is 3.10. The summed E-state index contributed by atoms with van der Waals surface area (Å²) in [4.78, 5) is 18.1. The predicted molar refractivity (Wildman–Crippen MR) is 116 cm³/mol. The second-order valence-corrected chi connectivity index (χ2v) is 10.5. The number of ether oxygens (including phenoxy) is 2. The van der Waals surface area contributed by atoms with Crippen LogP contribution < -0.4 is 4.18 Å². The maximum absolute atomic E-state index is 11.6. The summed E-state index contributed by atoms with van der Waals surface area (Å²) in [5.74, 6) is 0.597. The number of carbonyl (C=O) groups excluding carboxylic acids is 1. The van der Waals surface area contributed by atoms with Gasteiger partial charge in [0, 0.05) is 47.5 Å². The molecule has 2 aromatic rings. The van der Waals surface area contributed by atoms with Crippen LogP contribution in [0, 0.1) is 0 Å². The van der Waals surface area contributed by atoms with Crippen molar-refractivity contribution in [3.05, 3.63) is 44.4 Å². The van der Waals surface area contributed by atoms with Crippen molar-refractivity contribution >= 4 is 39.0 Å².